The van der Waals surface area contributed by atoms with Crippen LogP contribution in [0.25, 0.3) is 11.0 Å². The highest BCUT2D eigenvalue weighted by molar-refractivity contribution is 6.00. The Labute approximate surface area is 180 Å². The number of carbonyl (C=O) groups is 2. The van der Waals surface area contributed by atoms with E-state index in [0.29, 0.717) is 18.8 Å². The second kappa shape index (κ2) is 6.90. The first-order chi connectivity index (χ1) is 15.1. The standard InChI is InChI=1S/C23H26N4O4/c1-2-26-13-24-16-10-14(5-6-17(16)26)25-21(28)19-18-7-8-23(31-18)12-27(22(29)20(19)23)11-15-4-3-9-30-15/h5-8,10,13,15,18-20H,2-4,9,11-12H2,1H3,(H,25,28)/t15-,18+,19+,20-,23-/m0/s1. The molecule has 8 nitrogen and oxygen atoms in total. The lowest BCUT2D eigenvalue weighted by molar-refractivity contribution is -0.136. The molecule has 8 heteroatoms. The van der Waals surface area contributed by atoms with Crippen molar-refractivity contribution in [2.75, 3.05) is 25.0 Å². The van der Waals surface area contributed by atoms with E-state index < -0.39 is 17.4 Å². The van der Waals surface area contributed by atoms with Gasteiger partial charge in [0.1, 0.15) is 5.60 Å². The Hall–Kier alpha value is -2.71. The summed E-state index contributed by atoms with van der Waals surface area (Å²) in [5.41, 5.74) is 1.86. The van der Waals surface area contributed by atoms with Crippen LogP contribution in [0.2, 0.25) is 0 Å². The number of imidazole rings is 1. The Kier molecular flexibility index (Phi) is 4.23. The minimum Gasteiger partial charge on any atom is -0.376 e. The molecule has 5 atom stereocenters. The molecule has 0 unspecified atom stereocenters. The molecule has 3 fully saturated rings. The molecule has 0 radical (unpaired) electrons. The Balaban J connectivity index is 1.22. The van der Waals surface area contributed by atoms with Gasteiger partial charge in [0.15, 0.2) is 0 Å². The van der Waals surface area contributed by atoms with Gasteiger partial charge in [-0.15, -0.1) is 0 Å². The summed E-state index contributed by atoms with van der Waals surface area (Å²) in [4.78, 5) is 32.8. The van der Waals surface area contributed by atoms with Crippen LogP contribution in [0.5, 0.6) is 0 Å². The molecule has 2 bridgehead atoms. The first kappa shape index (κ1) is 19.0. The minimum atomic E-state index is -0.688. The summed E-state index contributed by atoms with van der Waals surface area (Å²) in [5, 5.41) is 3.01. The lowest BCUT2D eigenvalue weighted by atomic mass is 9.77. The van der Waals surface area contributed by atoms with Crippen molar-refractivity contribution in [1.29, 1.82) is 0 Å². The van der Waals surface area contributed by atoms with Gasteiger partial charge in [0, 0.05) is 25.4 Å². The molecular weight excluding hydrogens is 396 g/mol. The molecule has 1 aromatic carbocycles. The van der Waals surface area contributed by atoms with Crippen molar-refractivity contribution in [3.05, 3.63) is 36.7 Å². The molecule has 2 aromatic rings. The van der Waals surface area contributed by atoms with Crippen LogP contribution in [0.1, 0.15) is 19.8 Å². The van der Waals surface area contributed by atoms with E-state index in [-0.39, 0.29) is 24.0 Å². The fraction of sp³-hybridized carbons (Fsp3) is 0.522. The van der Waals surface area contributed by atoms with Crippen molar-refractivity contribution in [3.63, 3.8) is 0 Å². The van der Waals surface area contributed by atoms with E-state index in [2.05, 4.69) is 21.8 Å². The number of hydrogen-bond donors (Lipinski definition) is 1. The SMILES string of the molecule is CCn1cnc2cc(NC(=O)[C@H]3[C@H]4C(=O)N(C[C@@H]5CCCO5)C[C@@]45C=C[C@H]3O5)ccc21. The Morgan fingerprint density at radius 2 is 2.29 bits per heavy atom. The molecule has 162 valence electrons. The van der Waals surface area contributed by atoms with Gasteiger partial charge in [-0.2, -0.15) is 0 Å². The molecule has 2 amide bonds. The summed E-state index contributed by atoms with van der Waals surface area (Å²) in [6, 6.07) is 5.72. The van der Waals surface area contributed by atoms with Crippen LogP contribution in [0.4, 0.5) is 5.69 Å². The highest BCUT2D eigenvalue weighted by Crippen LogP contribution is 2.52. The Morgan fingerprint density at radius 1 is 1.39 bits per heavy atom. The maximum atomic E-state index is 13.3. The molecule has 4 aliphatic rings. The normalized spacial score (nSPS) is 33.6. The lowest BCUT2D eigenvalue weighted by Crippen LogP contribution is -2.42. The number of amides is 2. The van der Waals surface area contributed by atoms with E-state index in [9.17, 15) is 9.59 Å². The summed E-state index contributed by atoms with van der Waals surface area (Å²) < 4.78 is 14.0. The summed E-state index contributed by atoms with van der Waals surface area (Å²) in [6.45, 7) is 4.73. The average Bonchev–Trinajstić information content (AvgIpc) is 3.56. The van der Waals surface area contributed by atoms with Crippen LogP contribution in [-0.4, -0.2) is 63.8 Å². The number of hydrogen-bond acceptors (Lipinski definition) is 5. The van der Waals surface area contributed by atoms with E-state index >= 15 is 0 Å². The minimum absolute atomic E-state index is 0.000332. The third kappa shape index (κ3) is 2.85. The van der Waals surface area contributed by atoms with Gasteiger partial charge in [0.25, 0.3) is 0 Å². The predicted molar refractivity (Wildman–Crippen MR) is 113 cm³/mol. The maximum Gasteiger partial charge on any atom is 0.231 e. The van der Waals surface area contributed by atoms with Crippen molar-refractivity contribution < 1.29 is 19.1 Å². The van der Waals surface area contributed by atoms with Gasteiger partial charge < -0.3 is 24.3 Å². The smallest absolute Gasteiger partial charge is 0.231 e. The van der Waals surface area contributed by atoms with Gasteiger partial charge in [0.05, 0.1) is 47.9 Å². The summed E-state index contributed by atoms with van der Waals surface area (Å²) in [6.07, 6.45) is 7.46. The van der Waals surface area contributed by atoms with E-state index in [1.54, 1.807) is 6.33 Å². The fourth-order valence-electron chi connectivity index (χ4n) is 5.69. The number of nitrogens with one attached hydrogen (secondary N) is 1. The van der Waals surface area contributed by atoms with Crippen molar-refractivity contribution in [1.82, 2.24) is 14.5 Å². The molecule has 0 aliphatic carbocycles. The maximum absolute atomic E-state index is 13.3. The van der Waals surface area contributed by atoms with Crippen LogP contribution in [0, 0.1) is 11.8 Å². The zero-order chi connectivity index (χ0) is 21.2. The second-order valence-corrected chi connectivity index (χ2v) is 8.98. The van der Waals surface area contributed by atoms with Gasteiger partial charge in [0.2, 0.25) is 11.8 Å². The van der Waals surface area contributed by atoms with Gasteiger partial charge in [-0.1, -0.05) is 12.2 Å². The van der Waals surface area contributed by atoms with E-state index in [1.165, 1.54) is 0 Å². The fourth-order valence-corrected chi connectivity index (χ4v) is 5.69. The van der Waals surface area contributed by atoms with Crippen LogP contribution in [-0.2, 0) is 25.6 Å². The Morgan fingerprint density at radius 3 is 3.10 bits per heavy atom. The van der Waals surface area contributed by atoms with Gasteiger partial charge in [-0.3, -0.25) is 9.59 Å². The number of fused-ring (bicyclic) bond motifs is 2. The molecule has 31 heavy (non-hydrogen) atoms. The Bertz CT molecular complexity index is 1090. The number of ether oxygens (including phenoxy) is 2. The molecular formula is C23H26N4O4. The van der Waals surface area contributed by atoms with Crippen molar-refractivity contribution in [2.24, 2.45) is 11.8 Å². The monoisotopic (exact) mass is 422 g/mol. The zero-order valence-electron chi connectivity index (χ0n) is 17.5. The van der Waals surface area contributed by atoms with Gasteiger partial charge in [-0.25, -0.2) is 4.98 Å². The number of carbonyl (C=O) groups excluding carboxylic acids is 2. The number of rotatable bonds is 5. The number of aryl methyl sites for hydroxylation is 1. The third-order valence-corrected chi connectivity index (χ3v) is 7.16. The molecule has 4 aliphatic heterocycles. The number of nitrogens with zero attached hydrogens (tertiary/aromatic N) is 3. The average molecular weight is 422 g/mol. The zero-order valence-corrected chi connectivity index (χ0v) is 17.5. The predicted octanol–water partition coefficient (Wildman–Crippen LogP) is 1.96. The number of likely N-dealkylation sites (tertiary alicyclic amines) is 1. The summed E-state index contributed by atoms with van der Waals surface area (Å²) in [7, 11) is 0. The first-order valence-electron chi connectivity index (χ1n) is 11.1. The van der Waals surface area contributed by atoms with Crippen LogP contribution in [0.15, 0.2) is 36.7 Å². The lowest BCUT2D eigenvalue weighted by Gasteiger charge is -2.24. The largest absolute Gasteiger partial charge is 0.376 e. The van der Waals surface area contributed by atoms with Gasteiger partial charge in [-0.05, 0) is 38.0 Å². The molecule has 3 saturated heterocycles. The van der Waals surface area contributed by atoms with Crippen LogP contribution < -0.4 is 5.32 Å². The van der Waals surface area contributed by atoms with E-state index in [1.807, 2.05) is 35.3 Å². The van der Waals surface area contributed by atoms with Crippen molar-refractivity contribution in [3.8, 4) is 0 Å². The number of benzene rings is 1. The highest BCUT2D eigenvalue weighted by atomic mass is 16.5. The van der Waals surface area contributed by atoms with E-state index in [4.69, 9.17) is 9.47 Å². The van der Waals surface area contributed by atoms with Crippen molar-refractivity contribution >= 4 is 28.5 Å². The third-order valence-electron chi connectivity index (χ3n) is 7.16. The second-order valence-electron chi connectivity index (χ2n) is 8.98. The summed E-state index contributed by atoms with van der Waals surface area (Å²) in [5.74, 6) is -1.19. The first-order valence-corrected chi connectivity index (χ1v) is 11.1. The number of aromatic nitrogens is 2. The highest BCUT2D eigenvalue weighted by Gasteiger charge is 2.66. The van der Waals surface area contributed by atoms with Crippen molar-refractivity contribution in [2.45, 2.75) is 44.1 Å². The molecule has 0 saturated carbocycles. The molecule has 6 rings (SSSR count). The molecule has 1 spiro atoms. The summed E-state index contributed by atoms with van der Waals surface area (Å²) >= 11 is 0. The number of anilines is 1. The molecule has 5 heterocycles. The topological polar surface area (TPSA) is 85.7 Å². The van der Waals surface area contributed by atoms with E-state index in [0.717, 1.165) is 37.0 Å². The van der Waals surface area contributed by atoms with Crippen LogP contribution in [0.3, 0.4) is 0 Å². The van der Waals surface area contributed by atoms with Crippen LogP contribution >= 0.6 is 0 Å². The van der Waals surface area contributed by atoms with Gasteiger partial charge >= 0.3 is 0 Å². The molecule has 1 aromatic heterocycles. The molecule has 1 N–H and O–H groups in total. The quantitative estimate of drug-likeness (QED) is 0.745.